The Morgan fingerprint density at radius 2 is 1.79 bits per heavy atom. The summed E-state index contributed by atoms with van der Waals surface area (Å²) in [6.45, 7) is 8.24. The molecule has 3 aromatic rings. The van der Waals surface area contributed by atoms with Gasteiger partial charge in [-0.05, 0) is 57.0 Å². The predicted molar refractivity (Wildman–Crippen MR) is 130 cm³/mol. The van der Waals surface area contributed by atoms with Crippen molar-refractivity contribution in [1.82, 2.24) is 9.88 Å². The first kappa shape index (κ1) is 25.1. The van der Waals surface area contributed by atoms with Crippen LogP contribution in [-0.4, -0.2) is 45.8 Å². The molecule has 0 saturated carbocycles. The molecule has 2 N–H and O–H groups in total. The highest BCUT2D eigenvalue weighted by atomic mass is 16.5. The second-order valence-corrected chi connectivity index (χ2v) is 8.10. The number of phenols is 1. The summed E-state index contributed by atoms with van der Waals surface area (Å²) < 4.78 is 11.7. The number of aryl methyl sites for hydroxylation is 2. The van der Waals surface area contributed by atoms with E-state index >= 15 is 0 Å². The Bertz CT molecular complexity index is 1130. The minimum atomic E-state index is -0.403. The summed E-state index contributed by atoms with van der Waals surface area (Å²) in [7, 11) is 0. The lowest BCUT2D eigenvalue weighted by atomic mass is 10.0. The van der Waals surface area contributed by atoms with Crippen molar-refractivity contribution in [2.75, 3.05) is 19.8 Å². The number of aromatic nitrogens is 1. The molecule has 0 atom stereocenters. The van der Waals surface area contributed by atoms with Crippen LogP contribution in [0.2, 0.25) is 0 Å². The predicted octanol–water partition coefficient (Wildman–Crippen LogP) is 4.32. The smallest absolute Gasteiger partial charge is 0.258 e. The zero-order valence-corrected chi connectivity index (χ0v) is 20.2. The number of carbonyl (C=O) groups excluding carboxylic acids is 1. The Morgan fingerprint density at radius 1 is 1.06 bits per heavy atom. The van der Waals surface area contributed by atoms with E-state index in [0.29, 0.717) is 30.4 Å². The number of amides is 1. The van der Waals surface area contributed by atoms with E-state index in [0.717, 1.165) is 22.4 Å². The molecule has 34 heavy (non-hydrogen) atoms. The van der Waals surface area contributed by atoms with Crippen LogP contribution in [0.5, 0.6) is 17.4 Å². The normalized spacial score (nSPS) is 10.7. The molecule has 0 radical (unpaired) electrons. The van der Waals surface area contributed by atoms with Crippen LogP contribution in [0, 0.1) is 20.8 Å². The summed E-state index contributed by atoms with van der Waals surface area (Å²) in [4.78, 5) is 19.6. The molecule has 7 nitrogen and oxygen atoms in total. The summed E-state index contributed by atoms with van der Waals surface area (Å²) >= 11 is 0. The maximum atomic E-state index is 13.5. The van der Waals surface area contributed by atoms with Crippen LogP contribution in [0.3, 0.4) is 0 Å². The van der Waals surface area contributed by atoms with Crippen molar-refractivity contribution < 1.29 is 24.5 Å². The average Bonchev–Trinajstić information content (AvgIpc) is 2.81. The van der Waals surface area contributed by atoms with Crippen LogP contribution in [0.4, 0.5) is 0 Å². The summed E-state index contributed by atoms with van der Waals surface area (Å²) in [6.07, 6.45) is 0. The van der Waals surface area contributed by atoms with Crippen LogP contribution in [0.15, 0.2) is 48.5 Å². The number of pyridine rings is 1. The quantitative estimate of drug-likeness (QED) is 0.464. The third kappa shape index (κ3) is 5.85. The zero-order valence-electron chi connectivity index (χ0n) is 20.2. The van der Waals surface area contributed by atoms with E-state index < -0.39 is 5.91 Å². The molecule has 1 aromatic heterocycles. The number of aromatic hydroxyl groups is 1. The zero-order chi connectivity index (χ0) is 24.7. The van der Waals surface area contributed by atoms with Crippen molar-refractivity contribution >= 4 is 5.91 Å². The molecule has 7 heteroatoms. The molecule has 1 heterocycles. The van der Waals surface area contributed by atoms with Crippen molar-refractivity contribution in [2.45, 2.75) is 40.8 Å². The number of hydrogen-bond donors (Lipinski definition) is 2. The van der Waals surface area contributed by atoms with Gasteiger partial charge in [-0.15, -0.1) is 0 Å². The molecule has 0 aliphatic rings. The molecule has 2 aromatic carbocycles. The largest absolute Gasteiger partial charge is 0.507 e. The van der Waals surface area contributed by atoms with E-state index in [2.05, 4.69) is 4.98 Å². The van der Waals surface area contributed by atoms with Crippen LogP contribution in [0.25, 0.3) is 0 Å². The van der Waals surface area contributed by atoms with Gasteiger partial charge in [0.15, 0.2) is 0 Å². The third-order valence-corrected chi connectivity index (χ3v) is 5.57. The number of nitrogens with zero attached hydrogens (tertiary/aromatic N) is 2. The molecule has 0 saturated heterocycles. The molecule has 0 spiro atoms. The number of aliphatic hydroxyl groups excluding tert-OH is 1. The van der Waals surface area contributed by atoms with Gasteiger partial charge in [0.1, 0.15) is 18.1 Å². The minimum absolute atomic E-state index is 0.0853. The SMILES string of the molecule is CCOc1ccc(O)c(C(=O)N(CCO)Cc2c(C)cc(C)nc2OCc2ccccc2)c1C. The Morgan fingerprint density at radius 3 is 2.47 bits per heavy atom. The molecule has 0 fully saturated rings. The number of benzene rings is 2. The first-order chi connectivity index (χ1) is 16.3. The number of ether oxygens (including phenoxy) is 2. The van der Waals surface area contributed by atoms with Crippen molar-refractivity contribution in [3.05, 3.63) is 82.0 Å². The minimum Gasteiger partial charge on any atom is -0.507 e. The van der Waals surface area contributed by atoms with E-state index in [1.807, 2.05) is 57.2 Å². The van der Waals surface area contributed by atoms with Gasteiger partial charge in [-0.3, -0.25) is 4.79 Å². The Labute approximate surface area is 200 Å². The highest BCUT2D eigenvalue weighted by Gasteiger charge is 2.25. The van der Waals surface area contributed by atoms with E-state index in [1.54, 1.807) is 13.0 Å². The summed E-state index contributed by atoms with van der Waals surface area (Å²) in [5.74, 6) is 0.446. The number of carbonyl (C=O) groups is 1. The van der Waals surface area contributed by atoms with E-state index in [-0.39, 0.29) is 31.0 Å². The van der Waals surface area contributed by atoms with Gasteiger partial charge in [-0.2, -0.15) is 0 Å². The Balaban J connectivity index is 1.94. The van der Waals surface area contributed by atoms with Gasteiger partial charge in [-0.1, -0.05) is 30.3 Å². The summed E-state index contributed by atoms with van der Waals surface area (Å²) in [5, 5.41) is 20.2. The van der Waals surface area contributed by atoms with Gasteiger partial charge in [0.05, 0.1) is 25.3 Å². The third-order valence-electron chi connectivity index (χ3n) is 5.57. The van der Waals surface area contributed by atoms with E-state index in [1.165, 1.54) is 11.0 Å². The van der Waals surface area contributed by atoms with E-state index in [9.17, 15) is 15.0 Å². The van der Waals surface area contributed by atoms with Gasteiger partial charge in [0.2, 0.25) is 5.88 Å². The molecule has 0 bridgehead atoms. The van der Waals surface area contributed by atoms with Crippen molar-refractivity contribution in [1.29, 1.82) is 0 Å². The van der Waals surface area contributed by atoms with E-state index in [4.69, 9.17) is 9.47 Å². The molecule has 0 unspecified atom stereocenters. The fraction of sp³-hybridized carbons (Fsp3) is 0.333. The second kappa shape index (κ2) is 11.5. The van der Waals surface area contributed by atoms with Gasteiger partial charge in [0, 0.05) is 23.4 Å². The number of rotatable bonds is 10. The molecular formula is C27H32N2O5. The number of hydrogen-bond acceptors (Lipinski definition) is 6. The fourth-order valence-corrected chi connectivity index (χ4v) is 3.85. The van der Waals surface area contributed by atoms with Crippen molar-refractivity contribution in [3.63, 3.8) is 0 Å². The van der Waals surface area contributed by atoms with Crippen LogP contribution in [0.1, 0.15) is 45.2 Å². The average molecular weight is 465 g/mol. The first-order valence-electron chi connectivity index (χ1n) is 11.3. The topological polar surface area (TPSA) is 92.1 Å². The van der Waals surface area contributed by atoms with Gasteiger partial charge < -0.3 is 24.6 Å². The standard InChI is InChI=1S/C27H32N2O5/c1-5-33-24-12-11-23(31)25(20(24)4)27(32)29(13-14-30)16-22-18(2)15-19(3)28-26(22)34-17-21-9-7-6-8-10-21/h6-12,15,30-31H,5,13-14,16-17H2,1-4H3. The van der Waals surface area contributed by atoms with Gasteiger partial charge >= 0.3 is 0 Å². The second-order valence-electron chi connectivity index (χ2n) is 8.10. The maximum Gasteiger partial charge on any atom is 0.258 e. The monoisotopic (exact) mass is 464 g/mol. The van der Waals surface area contributed by atoms with Gasteiger partial charge in [0.25, 0.3) is 5.91 Å². The lowest BCUT2D eigenvalue weighted by Crippen LogP contribution is -2.34. The Hall–Kier alpha value is -3.58. The number of aliphatic hydroxyl groups is 1. The molecule has 3 rings (SSSR count). The first-order valence-corrected chi connectivity index (χ1v) is 11.3. The van der Waals surface area contributed by atoms with Crippen LogP contribution in [-0.2, 0) is 13.2 Å². The maximum absolute atomic E-state index is 13.5. The summed E-state index contributed by atoms with van der Waals surface area (Å²) in [6, 6.07) is 14.8. The Kier molecular flexibility index (Phi) is 8.49. The molecule has 1 amide bonds. The van der Waals surface area contributed by atoms with Gasteiger partial charge in [-0.25, -0.2) is 4.98 Å². The van der Waals surface area contributed by atoms with Crippen molar-refractivity contribution in [2.24, 2.45) is 0 Å². The number of phenolic OH excluding ortho intramolecular Hbond substituents is 1. The fourth-order valence-electron chi connectivity index (χ4n) is 3.85. The lowest BCUT2D eigenvalue weighted by molar-refractivity contribution is 0.0701. The summed E-state index contributed by atoms with van der Waals surface area (Å²) in [5.41, 5.74) is 4.20. The highest BCUT2D eigenvalue weighted by molar-refractivity contribution is 5.99. The highest BCUT2D eigenvalue weighted by Crippen LogP contribution is 2.31. The van der Waals surface area contributed by atoms with Crippen molar-refractivity contribution in [3.8, 4) is 17.4 Å². The molecule has 180 valence electrons. The van der Waals surface area contributed by atoms with Crippen LogP contribution < -0.4 is 9.47 Å². The molecular weight excluding hydrogens is 432 g/mol. The molecule has 0 aliphatic carbocycles. The lowest BCUT2D eigenvalue weighted by Gasteiger charge is -2.25. The van der Waals surface area contributed by atoms with Crippen LogP contribution >= 0.6 is 0 Å². The molecule has 0 aliphatic heterocycles.